The molecule has 130 valence electrons. The first-order chi connectivity index (χ1) is 11.3. The van der Waals surface area contributed by atoms with Crippen molar-refractivity contribution < 1.29 is 4.74 Å². The van der Waals surface area contributed by atoms with Gasteiger partial charge in [0.2, 0.25) is 0 Å². The minimum Gasteiger partial charge on any atom is -0.378 e. The third kappa shape index (κ3) is 7.08. The van der Waals surface area contributed by atoms with Gasteiger partial charge >= 0.3 is 0 Å². The second kappa shape index (κ2) is 10.9. The Balaban J connectivity index is 1.53. The summed E-state index contributed by atoms with van der Waals surface area (Å²) in [5, 5.41) is 8.49. The molecule has 0 heterocycles. The quantitative estimate of drug-likeness (QED) is 0.512. The zero-order valence-electron chi connectivity index (χ0n) is 15.0. The second-order valence-electron chi connectivity index (χ2n) is 7.76. The zero-order chi connectivity index (χ0) is 16.3. The van der Waals surface area contributed by atoms with Crippen molar-refractivity contribution in [3.8, 4) is 6.07 Å². The predicted molar refractivity (Wildman–Crippen MR) is 96.0 cm³/mol. The van der Waals surface area contributed by atoms with Crippen molar-refractivity contribution in [3.63, 3.8) is 0 Å². The molecule has 0 aliphatic heterocycles. The average molecular weight is 318 g/mol. The van der Waals surface area contributed by atoms with Crippen molar-refractivity contribution in [1.82, 2.24) is 0 Å². The number of nitrogens with zero attached hydrogens (tertiary/aromatic N) is 1. The molecule has 0 aromatic carbocycles. The Kier molecular flexibility index (Phi) is 8.76. The van der Waals surface area contributed by atoms with Crippen LogP contribution in [0.5, 0.6) is 0 Å². The van der Waals surface area contributed by atoms with Crippen molar-refractivity contribution in [3.05, 3.63) is 12.2 Å². The van der Waals surface area contributed by atoms with Gasteiger partial charge in [-0.2, -0.15) is 5.26 Å². The van der Waals surface area contributed by atoms with Crippen LogP contribution in [-0.2, 0) is 4.74 Å². The fraction of sp³-hybridized carbons (Fsp3) is 0.857. The second-order valence-corrected chi connectivity index (χ2v) is 7.76. The predicted octanol–water partition coefficient (Wildman–Crippen LogP) is 6.03. The number of hydrogen-bond acceptors (Lipinski definition) is 2. The van der Waals surface area contributed by atoms with Gasteiger partial charge < -0.3 is 4.74 Å². The number of ether oxygens (including phenoxy) is 1. The van der Waals surface area contributed by atoms with Gasteiger partial charge in [-0.05, 0) is 69.1 Å². The molecule has 0 saturated heterocycles. The summed E-state index contributed by atoms with van der Waals surface area (Å²) in [4.78, 5) is 0. The molecule has 0 unspecified atom stereocenters. The van der Waals surface area contributed by atoms with E-state index in [1.54, 1.807) is 6.08 Å². The van der Waals surface area contributed by atoms with Crippen LogP contribution in [0.1, 0.15) is 84.0 Å². The molecule has 0 amide bonds. The lowest BCUT2D eigenvalue weighted by molar-refractivity contribution is -0.0101. The van der Waals surface area contributed by atoms with Crippen molar-refractivity contribution >= 4 is 0 Å². The Hall–Kier alpha value is -0.810. The van der Waals surface area contributed by atoms with Crippen LogP contribution < -0.4 is 0 Å². The van der Waals surface area contributed by atoms with Crippen LogP contribution in [0.3, 0.4) is 0 Å². The Morgan fingerprint density at radius 1 is 0.913 bits per heavy atom. The lowest BCUT2D eigenvalue weighted by Gasteiger charge is -2.32. The van der Waals surface area contributed by atoms with Gasteiger partial charge in [0.15, 0.2) is 0 Å². The molecule has 23 heavy (non-hydrogen) atoms. The van der Waals surface area contributed by atoms with Crippen LogP contribution in [0.15, 0.2) is 12.2 Å². The lowest BCUT2D eigenvalue weighted by atomic mass is 9.80. The smallest absolute Gasteiger partial charge is 0.0908 e. The highest BCUT2D eigenvalue weighted by atomic mass is 16.5. The molecule has 2 aliphatic rings. The van der Waals surface area contributed by atoms with E-state index < -0.39 is 0 Å². The standard InChI is InChI=1S/C21H35NO/c1-2-6-18-8-10-20(11-9-18)17-23-21-14-12-19(13-15-21)7-4-3-5-16-22/h3,5,18-21H,2,4,6-15,17H2,1H3/b5-3+/t18-,19-,20-,21-. The largest absolute Gasteiger partial charge is 0.378 e. The molecule has 0 spiro atoms. The molecule has 0 atom stereocenters. The maximum Gasteiger partial charge on any atom is 0.0908 e. The van der Waals surface area contributed by atoms with Gasteiger partial charge in [-0.15, -0.1) is 0 Å². The molecular weight excluding hydrogens is 282 g/mol. The number of nitriles is 1. The van der Waals surface area contributed by atoms with Gasteiger partial charge in [-0.1, -0.05) is 38.7 Å². The van der Waals surface area contributed by atoms with Gasteiger partial charge in [0, 0.05) is 12.7 Å². The lowest BCUT2D eigenvalue weighted by Crippen LogP contribution is -2.26. The first kappa shape index (κ1) is 18.5. The Morgan fingerprint density at radius 2 is 1.52 bits per heavy atom. The van der Waals surface area contributed by atoms with E-state index in [1.165, 1.54) is 70.6 Å². The van der Waals surface area contributed by atoms with Crippen molar-refractivity contribution in [2.45, 2.75) is 90.1 Å². The van der Waals surface area contributed by atoms with Crippen molar-refractivity contribution in [2.75, 3.05) is 6.61 Å². The fourth-order valence-electron chi connectivity index (χ4n) is 4.42. The van der Waals surface area contributed by atoms with Gasteiger partial charge in [0.25, 0.3) is 0 Å². The summed E-state index contributed by atoms with van der Waals surface area (Å²) in [6.07, 6.45) is 20.0. The molecule has 2 nitrogen and oxygen atoms in total. The maximum atomic E-state index is 8.49. The minimum atomic E-state index is 0.522. The molecule has 0 radical (unpaired) electrons. The molecule has 2 rings (SSSR count). The van der Waals surface area contributed by atoms with Crippen molar-refractivity contribution in [2.24, 2.45) is 17.8 Å². The maximum absolute atomic E-state index is 8.49. The van der Waals surface area contributed by atoms with Crippen LogP contribution in [-0.4, -0.2) is 12.7 Å². The van der Waals surface area contributed by atoms with Crippen molar-refractivity contribution in [1.29, 1.82) is 5.26 Å². The number of rotatable bonds is 8. The summed E-state index contributed by atoms with van der Waals surface area (Å²) >= 11 is 0. The SMILES string of the molecule is CCC[C@H]1CC[C@H](CO[C@H]2CC[C@H](CC/C=C/C#N)CC2)CC1. The van der Waals surface area contributed by atoms with Crippen LogP contribution in [0, 0.1) is 29.1 Å². The number of allylic oxidation sites excluding steroid dienone is 2. The van der Waals surface area contributed by atoms with Crippen LogP contribution >= 0.6 is 0 Å². The van der Waals surface area contributed by atoms with E-state index in [9.17, 15) is 0 Å². The van der Waals surface area contributed by atoms with Crippen LogP contribution in [0.2, 0.25) is 0 Å². The summed E-state index contributed by atoms with van der Waals surface area (Å²) < 4.78 is 6.25. The third-order valence-electron chi connectivity index (χ3n) is 5.96. The highest BCUT2D eigenvalue weighted by Crippen LogP contribution is 2.33. The Morgan fingerprint density at radius 3 is 2.17 bits per heavy atom. The molecular formula is C21H35NO. The highest BCUT2D eigenvalue weighted by molar-refractivity contribution is 5.01. The van der Waals surface area contributed by atoms with E-state index in [1.807, 2.05) is 6.08 Å². The van der Waals surface area contributed by atoms with Gasteiger partial charge in [0.1, 0.15) is 0 Å². The zero-order valence-corrected chi connectivity index (χ0v) is 15.0. The summed E-state index contributed by atoms with van der Waals surface area (Å²) in [7, 11) is 0. The molecule has 2 saturated carbocycles. The normalized spacial score (nSPS) is 32.0. The Bertz CT molecular complexity index is 368. The molecule has 2 heteroatoms. The monoisotopic (exact) mass is 317 g/mol. The number of hydrogen-bond donors (Lipinski definition) is 0. The first-order valence-electron chi connectivity index (χ1n) is 9.98. The van der Waals surface area contributed by atoms with E-state index in [4.69, 9.17) is 10.00 Å². The topological polar surface area (TPSA) is 33.0 Å². The van der Waals surface area contributed by atoms with Crippen LogP contribution in [0.4, 0.5) is 0 Å². The summed E-state index contributed by atoms with van der Waals surface area (Å²) in [5.74, 6) is 2.68. The van der Waals surface area contributed by atoms with Gasteiger partial charge in [0.05, 0.1) is 12.2 Å². The fourth-order valence-corrected chi connectivity index (χ4v) is 4.42. The van der Waals surface area contributed by atoms with E-state index in [-0.39, 0.29) is 0 Å². The molecule has 0 aromatic heterocycles. The molecule has 0 bridgehead atoms. The summed E-state index contributed by atoms with van der Waals surface area (Å²) in [6.45, 7) is 3.32. The highest BCUT2D eigenvalue weighted by Gasteiger charge is 2.24. The minimum absolute atomic E-state index is 0.522. The molecule has 0 N–H and O–H groups in total. The van der Waals surface area contributed by atoms with E-state index in [0.29, 0.717) is 6.10 Å². The summed E-state index contributed by atoms with van der Waals surface area (Å²) in [6, 6.07) is 2.07. The molecule has 2 aliphatic carbocycles. The van der Waals surface area contributed by atoms with Gasteiger partial charge in [-0.25, -0.2) is 0 Å². The van der Waals surface area contributed by atoms with E-state index >= 15 is 0 Å². The first-order valence-corrected chi connectivity index (χ1v) is 9.98. The van der Waals surface area contributed by atoms with Gasteiger partial charge in [-0.3, -0.25) is 0 Å². The Labute approximate surface area is 143 Å². The van der Waals surface area contributed by atoms with E-state index in [0.717, 1.165) is 30.8 Å². The summed E-state index contributed by atoms with van der Waals surface area (Å²) in [5.41, 5.74) is 0. The molecule has 0 aromatic rings. The average Bonchev–Trinajstić information content (AvgIpc) is 2.59. The third-order valence-corrected chi connectivity index (χ3v) is 5.96. The van der Waals surface area contributed by atoms with E-state index in [2.05, 4.69) is 13.0 Å². The van der Waals surface area contributed by atoms with Crippen LogP contribution in [0.25, 0.3) is 0 Å². The molecule has 2 fully saturated rings.